The third kappa shape index (κ3) is 4.41. The molecule has 1 aliphatic heterocycles. The van der Waals surface area contributed by atoms with E-state index in [9.17, 15) is 0 Å². The van der Waals surface area contributed by atoms with Gasteiger partial charge in [-0.1, -0.05) is 136 Å². The van der Waals surface area contributed by atoms with Crippen LogP contribution in [-0.4, -0.2) is 11.3 Å². The van der Waals surface area contributed by atoms with Gasteiger partial charge in [-0.05, 0) is 86.3 Å². The first-order valence-corrected chi connectivity index (χ1v) is 15.5. The van der Waals surface area contributed by atoms with Crippen LogP contribution in [0.25, 0.3) is 50.8 Å². The monoisotopic (exact) mass is 563 g/mol. The standard InChI is InChI=1S/C42H34BN/c1-27-5-19-39-35(23-27)36-24-28(2)6-20-40(36)43(39)33-15-11-31(12-16-33)9-10-32-13-17-34(18-14-32)44-41-21-7-29(3)25-37(41)38-26-30(4)8-22-42(38)44/h5-26H,1-4H3. The Balaban J connectivity index is 1.08. The highest BCUT2D eigenvalue weighted by molar-refractivity contribution is 6.99. The van der Waals surface area contributed by atoms with Crippen LogP contribution in [0.4, 0.5) is 0 Å². The fourth-order valence-corrected chi connectivity index (χ4v) is 7.09. The van der Waals surface area contributed by atoms with Gasteiger partial charge >= 0.3 is 0 Å². The molecule has 0 bridgehead atoms. The van der Waals surface area contributed by atoms with E-state index >= 15 is 0 Å². The Morgan fingerprint density at radius 2 is 0.886 bits per heavy atom. The second-order valence-electron chi connectivity index (χ2n) is 12.6. The lowest BCUT2D eigenvalue weighted by molar-refractivity contribution is 1.18. The maximum Gasteiger partial charge on any atom is 0.242 e. The highest BCUT2D eigenvalue weighted by Gasteiger charge is 2.33. The molecule has 1 aliphatic rings. The predicted molar refractivity (Wildman–Crippen MR) is 192 cm³/mol. The number of aromatic nitrogens is 1. The quantitative estimate of drug-likeness (QED) is 0.149. The number of nitrogens with zero attached hydrogens (tertiary/aromatic N) is 1. The van der Waals surface area contributed by atoms with Crippen LogP contribution in [-0.2, 0) is 0 Å². The van der Waals surface area contributed by atoms with Gasteiger partial charge in [0.05, 0.1) is 11.0 Å². The van der Waals surface area contributed by atoms with Gasteiger partial charge in [0.2, 0.25) is 6.71 Å². The Morgan fingerprint density at radius 3 is 1.39 bits per heavy atom. The largest absolute Gasteiger partial charge is 0.309 e. The van der Waals surface area contributed by atoms with E-state index in [4.69, 9.17) is 0 Å². The van der Waals surface area contributed by atoms with E-state index in [0.29, 0.717) is 0 Å². The number of benzene rings is 6. The molecule has 2 heteroatoms. The molecule has 6 aromatic carbocycles. The molecule has 0 unspecified atom stereocenters. The van der Waals surface area contributed by atoms with Gasteiger partial charge < -0.3 is 4.57 Å². The molecule has 0 fully saturated rings. The molecule has 0 aliphatic carbocycles. The van der Waals surface area contributed by atoms with Crippen molar-refractivity contribution in [1.29, 1.82) is 0 Å². The third-order valence-electron chi connectivity index (χ3n) is 9.30. The van der Waals surface area contributed by atoms with Gasteiger partial charge in [-0.3, -0.25) is 0 Å². The zero-order valence-corrected chi connectivity index (χ0v) is 25.7. The molecule has 0 N–H and O–H groups in total. The van der Waals surface area contributed by atoms with E-state index in [0.717, 1.165) is 0 Å². The summed E-state index contributed by atoms with van der Waals surface area (Å²) in [5.74, 6) is 0. The van der Waals surface area contributed by atoms with Gasteiger partial charge in [0.15, 0.2) is 0 Å². The lowest BCUT2D eigenvalue weighted by Crippen LogP contribution is -2.48. The van der Waals surface area contributed by atoms with Crippen molar-refractivity contribution in [3.05, 3.63) is 155 Å². The number of rotatable bonds is 4. The summed E-state index contributed by atoms with van der Waals surface area (Å²) in [6.07, 6.45) is 4.43. The van der Waals surface area contributed by atoms with Crippen LogP contribution in [0, 0.1) is 27.7 Å². The third-order valence-corrected chi connectivity index (χ3v) is 9.30. The van der Waals surface area contributed by atoms with Crippen LogP contribution in [0.2, 0.25) is 0 Å². The molecule has 8 rings (SSSR count). The highest BCUT2D eigenvalue weighted by atomic mass is 15.0. The van der Waals surface area contributed by atoms with E-state index in [-0.39, 0.29) is 6.71 Å². The van der Waals surface area contributed by atoms with Gasteiger partial charge in [-0.25, -0.2) is 0 Å². The predicted octanol–water partition coefficient (Wildman–Crippen LogP) is 8.68. The van der Waals surface area contributed by atoms with Gasteiger partial charge in [0.1, 0.15) is 0 Å². The first-order valence-electron chi connectivity index (χ1n) is 15.5. The SMILES string of the molecule is Cc1ccc2c(c1)-c1cc(C)ccc1B2c1ccc(C=Cc2ccc(-n3c4ccc(C)cc4c4cc(C)ccc43)cc2)cc1. The van der Waals surface area contributed by atoms with Gasteiger partial charge in [0, 0.05) is 16.5 Å². The molecule has 1 nitrogen and oxygen atoms in total. The Labute approximate surface area is 260 Å². The second-order valence-corrected chi connectivity index (χ2v) is 12.6. The van der Waals surface area contributed by atoms with Crippen LogP contribution in [0.3, 0.4) is 0 Å². The number of hydrogen-bond acceptors (Lipinski definition) is 0. The first kappa shape index (κ1) is 26.5. The molecule has 0 atom stereocenters. The van der Waals surface area contributed by atoms with E-state index in [1.807, 2.05) is 0 Å². The molecule has 210 valence electrons. The highest BCUT2D eigenvalue weighted by Crippen LogP contribution is 2.33. The van der Waals surface area contributed by atoms with Crippen molar-refractivity contribution in [3.8, 4) is 16.8 Å². The second kappa shape index (κ2) is 10.3. The van der Waals surface area contributed by atoms with Crippen molar-refractivity contribution in [2.24, 2.45) is 0 Å². The van der Waals surface area contributed by atoms with Crippen molar-refractivity contribution >= 4 is 57.1 Å². The number of aryl methyl sites for hydroxylation is 4. The number of hydrogen-bond donors (Lipinski definition) is 0. The molecule has 1 aromatic heterocycles. The molecular formula is C42H34BN. The smallest absolute Gasteiger partial charge is 0.242 e. The molecular weight excluding hydrogens is 529 g/mol. The van der Waals surface area contributed by atoms with Crippen LogP contribution < -0.4 is 16.4 Å². The Bertz CT molecular complexity index is 2140. The Kier molecular flexibility index (Phi) is 6.20. The topological polar surface area (TPSA) is 4.93 Å². The summed E-state index contributed by atoms with van der Waals surface area (Å²) >= 11 is 0. The van der Waals surface area contributed by atoms with Crippen molar-refractivity contribution in [2.45, 2.75) is 27.7 Å². The summed E-state index contributed by atoms with van der Waals surface area (Å²) in [5, 5.41) is 2.62. The van der Waals surface area contributed by atoms with Gasteiger partial charge in [-0.2, -0.15) is 0 Å². The molecule has 0 spiro atoms. The van der Waals surface area contributed by atoms with Crippen molar-refractivity contribution < 1.29 is 0 Å². The summed E-state index contributed by atoms with van der Waals surface area (Å²) in [6.45, 7) is 8.98. The minimum Gasteiger partial charge on any atom is -0.309 e. The molecule has 2 heterocycles. The van der Waals surface area contributed by atoms with Gasteiger partial charge in [-0.15, -0.1) is 0 Å². The first-order chi connectivity index (χ1) is 21.4. The van der Waals surface area contributed by atoms with Crippen molar-refractivity contribution in [1.82, 2.24) is 4.57 Å². The van der Waals surface area contributed by atoms with Crippen molar-refractivity contribution in [3.63, 3.8) is 0 Å². The van der Waals surface area contributed by atoms with E-state index in [2.05, 4.69) is 166 Å². The summed E-state index contributed by atoms with van der Waals surface area (Å²) in [7, 11) is 0. The maximum absolute atomic E-state index is 2.39. The van der Waals surface area contributed by atoms with E-state index in [1.54, 1.807) is 0 Å². The van der Waals surface area contributed by atoms with Crippen LogP contribution >= 0.6 is 0 Å². The minimum absolute atomic E-state index is 0.278. The minimum atomic E-state index is 0.278. The van der Waals surface area contributed by atoms with Crippen LogP contribution in [0.15, 0.2) is 121 Å². The molecule has 0 saturated carbocycles. The number of fused-ring (bicyclic) bond motifs is 6. The van der Waals surface area contributed by atoms with Gasteiger partial charge in [0.25, 0.3) is 0 Å². The molecule has 44 heavy (non-hydrogen) atoms. The van der Waals surface area contributed by atoms with E-state index < -0.39 is 0 Å². The molecule has 0 saturated heterocycles. The Morgan fingerprint density at radius 1 is 0.455 bits per heavy atom. The average molecular weight is 564 g/mol. The lowest BCUT2D eigenvalue weighted by Gasteiger charge is -2.11. The zero-order chi connectivity index (χ0) is 29.9. The average Bonchev–Trinajstić information content (AvgIpc) is 3.52. The fourth-order valence-electron chi connectivity index (χ4n) is 7.09. The zero-order valence-electron chi connectivity index (χ0n) is 25.7. The van der Waals surface area contributed by atoms with Crippen LogP contribution in [0.1, 0.15) is 33.4 Å². The maximum atomic E-state index is 2.39. The molecule has 0 amide bonds. The summed E-state index contributed by atoms with van der Waals surface area (Å²) in [6, 6.07) is 45.4. The van der Waals surface area contributed by atoms with Crippen molar-refractivity contribution in [2.75, 3.05) is 0 Å². The van der Waals surface area contributed by atoms with E-state index in [1.165, 1.54) is 88.4 Å². The summed E-state index contributed by atoms with van der Waals surface area (Å²) in [5.41, 5.74) is 18.2. The normalized spacial score (nSPS) is 12.4. The molecule has 7 aromatic rings. The van der Waals surface area contributed by atoms with Crippen LogP contribution in [0.5, 0.6) is 0 Å². The molecule has 0 radical (unpaired) electrons. The summed E-state index contributed by atoms with van der Waals surface area (Å²) < 4.78 is 2.39. The fraction of sp³-hybridized carbons (Fsp3) is 0.0952. The summed E-state index contributed by atoms with van der Waals surface area (Å²) in [4.78, 5) is 0. The Hall–Kier alpha value is -5.08. The lowest BCUT2D eigenvalue weighted by atomic mass is 9.39.